The van der Waals surface area contributed by atoms with E-state index in [1.807, 2.05) is 23.5 Å². The van der Waals surface area contributed by atoms with Crippen LogP contribution in [0.15, 0.2) is 35.7 Å². The van der Waals surface area contributed by atoms with Gasteiger partial charge in [0.05, 0.1) is 0 Å². The van der Waals surface area contributed by atoms with Crippen LogP contribution in [0.5, 0.6) is 0 Å². The molecule has 1 radical (unpaired) electrons. The van der Waals surface area contributed by atoms with Crippen LogP contribution in [-0.4, -0.2) is 18.0 Å². The van der Waals surface area contributed by atoms with E-state index >= 15 is 0 Å². The standard InChI is InChI=1S/C15H16NS/c1-2-6-13(7-3-1)15-14(8-11-17-15)12-16-9-4-5-10-16/h1-3,6,8,11H,4-5,9-10,12H2. The van der Waals surface area contributed by atoms with Crippen molar-refractivity contribution in [2.45, 2.75) is 19.4 Å². The molecular formula is C15H16NS. The molecule has 0 amide bonds. The normalized spacial score (nSPS) is 16.5. The second-order valence-corrected chi connectivity index (χ2v) is 5.45. The highest BCUT2D eigenvalue weighted by Gasteiger charge is 2.14. The number of nitrogens with zero attached hydrogens (tertiary/aromatic N) is 1. The van der Waals surface area contributed by atoms with Crippen LogP contribution < -0.4 is 0 Å². The molecule has 1 aliphatic heterocycles. The van der Waals surface area contributed by atoms with Gasteiger partial charge in [-0.3, -0.25) is 4.90 Å². The first-order valence-electron chi connectivity index (χ1n) is 6.19. The molecule has 2 aromatic rings. The fourth-order valence-corrected chi connectivity index (χ4v) is 3.32. The van der Waals surface area contributed by atoms with E-state index < -0.39 is 0 Å². The first-order chi connectivity index (χ1) is 8.43. The lowest BCUT2D eigenvalue weighted by atomic mass is 10.1. The first kappa shape index (κ1) is 11.0. The minimum atomic E-state index is 1.10. The lowest BCUT2D eigenvalue weighted by Crippen LogP contribution is -2.18. The molecule has 1 aliphatic rings. The van der Waals surface area contributed by atoms with Crippen LogP contribution in [0.1, 0.15) is 18.4 Å². The molecule has 1 aromatic carbocycles. The van der Waals surface area contributed by atoms with E-state index in [0.29, 0.717) is 0 Å². The summed E-state index contributed by atoms with van der Waals surface area (Å²) >= 11 is 1.83. The molecule has 0 atom stereocenters. The van der Waals surface area contributed by atoms with Gasteiger partial charge in [0.1, 0.15) is 0 Å². The van der Waals surface area contributed by atoms with Crippen molar-refractivity contribution in [2.24, 2.45) is 0 Å². The molecule has 0 aliphatic carbocycles. The van der Waals surface area contributed by atoms with Crippen LogP contribution in [-0.2, 0) is 6.54 Å². The summed E-state index contributed by atoms with van der Waals surface area (Å²) in [5.41, 5.74) is 2.69. The van der Waals surface area contributed by atoms with Crippen LogP contribution >= 0.6 is 11.3 Å². The molecule has 1 fully saturated rings. The van der Waals surface area contributed by atoms with Gasteiger partial charge in [-0.1, -0.05) is 24.3 Å². The second kappa shape index (κ2) is 5.03. The van der Waals surface area contributed by atoms with Gasteiger partial charge in [-0.25, -0.2) is 0 Å². The van der Waals surface area contributed by atoms with Crippen LogP contribution in [0.25, 0.3) is 10.4 Å². The monoisotopic (exact) mass is 242 g/mol. The van der Waals surface area contributed by atoms with Crippen molar-refractivity contribution in [3.05, 3.63) is 47.3 Å². The maximum Gasteiger partial charge on any atom is 0.0393 e. The van der Waals surface area contributed by atoms with Crippen LogP contribution in [0.4, 0.5) is 0 Å². The number of rotatable bonds is 3. The SMILES string of the molecule is [c]1ccccc1-c1sccc1CN1CCCC1. The maximum atomic E-state index is 3.33. The van der Waals surface area contributed by atoms with Crippen LogP contribution in [0, 0.1) is 6.07 Å². The molecular weight excluding hydrogens is 226 g/mol. The van der Waals surface area contributed by atoms with E-state index in [9.17, 15) is 0 Å². The van der Waals surface area contributed by atoms with Gasteiger partial charge in [0.15, 0.2) is 0 Å². The summed E-state index contributed by atoms with van der Waals surface area (Å²) < 4.78 is 0. The zero-order valence-corrected chi connectivity index (χ0v) is 10.7. The van der Waals surface area contributed by atoms with Crippen molar-refractivity contribution in [1.82, 2.24) is 4.90 Å². The number of hydrogen-bond acceptors (Lipinski definition) is 2. The molecule has 1 saturated heterocycles. The predicted molar refractivity (Wildman–Crippen MR) is 73.1 cm³/mol. The Kier molecular flexibility index (Phi) is 3.25. The Balaban J connectivity index is 1.84. The van der Waals surface area contributed by atoms with Gasteiger partial charge < -0.3 is 0 Å². The van der Waals surface area contributed by atoms with E-state index in [2.05, 4.69) is 34.5 Å². The molecule has 87 valence electrons. The zero-order valence-electron chi connectivity index (χ0n) is 9.86. The van der Waals surface area contributed by atoms with Crippen molar-refractivity contribution >= 4 is 11.3 Å². The second-order valence-electron chi connectivity index (χ2n) is 4.53. The van der Waals surface area contributed by atoms with Crippen LogP contribution in [0.2, 0.25) is 0 Å². The molecule has 0 saturated carbocycles. The molecule has 2 heterocycles. The number of likely N-dealkylation sites (tertiary alicyclic amines) is 1. The van der Waals surface area contributed by atoms with Gasteiger partial charge in [-0.15, -0.1) is 11.3 Å². The van der Waals surface area contributed by atoms with Crippen molar-refractivity contribution in [3.63, 3.8) is 0 Å². The average Bonchev–Trinajstić information content (AvgIpc) is 3.02. The summed E-state index contributed by atoms with van der Waals surface area (Å²) in [6.45, 7) is 3.61. The zero-order chi connectivity index (χ0) is 11.5. The Morgan fingerprint density at radius 2 is 2.06 bits per heavy atom. The predicted octanol–water partition coefficient (Wildman–Crippen LogP) is 3.81. The summed E-state index contributed by atoms with van der Waals surface area (Å²) in [6.07, 6.45) is 2.72. The fraction of sp³-hybridized carbons (Fsp3) is 0.333. The molecule has 0 unspecified atom stereocenters. The van der Waals surface area contributed by atoms with Gasteiger partial charge in [0.25, 0.3) is 0 Å². The van der Waals surface area contributed by atoms with Crippen LogP contribution in [0.3, 0.4) is 0 Å². The Morgan fingerprint density at radius 1 is 1.18 bits per heavy atom. The third-order valence-corrected chi connectivity index (χ3v) is 4.28. The van der Waals surface area contributed by atoms with Gasteiger partial charge in [0, 0.05) is 11.4 Å². The Morgan fingerprint density at radius 3 is 2.82 bits per heavy atom. The Bertz CT molecular complexity index is 469. The topological polar surface area (TPSA) is 3.24 Å². The minimum absolute atomic E-state index is 1.10. The van der Waals surface area contributed by atoms with Gasteiger partial charge in [-0.05, 0) is 54.6 Å². The number of thiophene rings is 1. The molecule has 3 rings (SSSR count). The molecule has 0 spiro atoms. The summed E-state index contributed by atoms with van der Waals surface area (Å²) in [7, 11) is 0. The summed E-state index contributed by atoms with van der Waals surface area (Å²) in [5, 5.41) is 2.20. The third kappa shape index (κ3) is 2.43. The summed E-state index contributed by atoms with van der Waals surface area (Å²) in [5.74, 6) is 0. The van der Waals surface area contributed by atoms with Crippen molar-refractivity contribution in [1.29, 1.82) is 0 Å². The quantitative estimate of drug-likeness (QED) is 0.791. The van der Waals surface area contributed by atoms with E-state index in [1.165, 1.54) is 41.9 Å². The highest BCUT2D eigenvalue weighted by atomic mass is 32.1. The van der Waals surface area contributed by atoms with Crippen molar-refractivity contribution in [2.75, 3.05) is 13.1 Å². The summed E-state index contributed by atoms with van der Waals surface area (Å²) in [6, 6.07) is 13.9. The Hall–Kier alpha value is -1.12. The molecule has 2 heteroatoms. The number of hydrogen-bond donors (Lipinski definition) is 0. The van der Waals surface area contributed by atoms with Crippen molar-refractivity contribution in [3.8, 4) is 10.4 Å². The molecule has 0 bridgehead atoms. The minimum Gasteiger partial charge on any atom is -0.299 e. The third-order valence-electron chi connectivity index (χ3n) is 3.29. The largest absolute Gasteiger partial charge is 0.299 e. The average molecular weight is 242 g/mol. The van der Waals surface area contributed by atoms with E-state index in [0.717, 1.165) is 6.54 Å². The summed E-state index contributed by atoms with van der Waals surface area (Å²) in [4.78, 5) is 3.94. The molecule has 17 heavy (non-hydrogen) atoms. The smallest absolute Gasteiger partial charge is 0.0393 e. The number of benzene rings is 1. The highest BCUT2D eigenvalue weighted by Crippen LogP contribution is 2.30. The lowest BCUT2D eigenvalue weighted by Gasteiger charge is -2.14. The molecule has 1 nitrogen and oxygen atoms in total. The first-order valence-corrected chi connectivity index (χ1v) is 7.07. The van der Waals surface area contributed by atoms with Gasteiger partial charge in [0.2, 0.25) is 0 Å². The fourth-order valence-electron chi connectivity index (χ4n) is 2.41. The maximum absolute atomic E-state index is 3.33. The molecule has 0 N–H and O–H groups in total. The van der Waals surface area contributed by atoms with E-state index in [4.69, 9.17) is 0 Å². The van der Waals surface area contributed by atoms with Crippen molar-refractivity contribution < 1.29 is 0 Å². The van der Waals surface area contributed by atoms with Gasteiger partial charge in [-0.2, -0.15) is 0 Å². The molecule has 1 aromatic heterocycles. The Labute approximate surface area is 107 Å². The lowest BCUT2D eigenvalue weighted by molar-refractivity contribution is 0.332. The van der Waals surface area contributed by atoms with E-state index in [1.54, 1.807) is 0 Å². The van der Waals surface area contributed by atoms with Gasteiger partial charge >= 0.3 is 0 Å². The highest BCUT2D eigenvalue weighted by molar-refractivity contribution is 7.13. The van der Waals surface area contributed by atoms with E-state index in [-0.39, 0.29) is 0 Å².